The van der Waals surface area contributed by atoms with Crippen LogP contribution in [0.3, 0.4) is 0 Å². The van der Waals surface area contributed by atoms with Gasteiger partial charge in [0, 0.05) is 35.8 Å². The van der Waals surface area contributed by atoms with Gasteiger partial charge in [-0.25, -0.2) is 4.39 Å². The molecular weight excluding hydrogens is 247 g/mol. The summed E-state index contributed by atoms with van der Waals surface area (Å²) in [6.07, 6.45) is 1.05. The van der Waals surface area contributed by atoms with Crippen molar-refractivity contribution in [3.8, 4) is 0 Å². The number of hydrogen-bond acceptors (Lipinski definition) is 3. The van der Waals surface area contributed by atoms with Gasteiger partial charge in [-0.3, -0.25) is 0 Å². The molecule has 2 heterocycles. The molecule has 1 aromatic carbocycles. The van der Waals surface area contributed by atoms with Crippen LogP contribution in [-0.2, 0) is 19.5 Å². The highest BCUT2D eigenvalue weighted by Crippen LogP contribution is 2.28. The molecule has 0 fully saturated rings. The van der Waals surface area contributed by atoms with Crippen LogP contribution in [0.1, 0.15) is 16.0 Å². The van der Waals surface area contributed by atoms with Gasteiger partial charge in [-0.15, -0.1) is 11.3 Å². The number of thiophene rings is 1. The van der Waals surface area contributed by atoms with Crippen molar-refractivity contribution in [3.05, 3.63) is 51.5 Å². The fourth-order valence-corrected chi connectivity index (χ4v) is 3.26. The summed E-state index contributed by atoms with van der Waals surface area (Å²) in [6.45, 7) is 2.08. The second kappa shape index (κ2) is 4.71. The van der Waals surface area contributed by atoms with E-state index in [4.69, 9.17) is 5.73 Å². The van der Waals surface area contributed by atoms with Crippen LogP contribution in [0.15, 0.2) is 29.6 Å². The van der Waals surface area contributed by atoms with Gasteiger partial charge in [0.15, 0.2) is 0 Å². The maximum atomic E-state index is 13.7. The lowest BCUT2D eigenvalue weighted by molar-refractivity contribution is 0.608. The Hall–Kier alpha value is -1.39. The molecule has 0 radical (unpaired) electrons. The molecule has 94 valence electrons. The number of nitrogens with zero attached hydrogens (tertiary/aromatic N) is 1. The number of hydrogen-bond donors (Lipinski definition) is 1. The van der Waals surface area contributed by atoms with E-state index in [2.05, 4.69) is 16.3 Å². The Morgan fingerprint density at radius 2 is 2.22 bits per heavy atom. The Morgan fingerprint density at radius 1 is 1.33 bits per heavy atom. The van der Waals surface area contributed by atoms with Gasteiger partial charge in [0.2, 0.25) is 0 Å². The molecule has 0 saturated heterocycles. The molecule has 0 atom stereocenters. The predicted octanol–water partition coefficient (Wildman–Crippen LogP) is 2.91. The Kier molecular flexibility index (Phi) is 3.06. The molecule has 1 aromatic heterocycles. The van der Waals surface area contributed by atoms with Crippen LogP contribution in [0, 0.1) is 5.82 Å². The standard InChI is InChI=1S/C14H15FN2S/c15-13-7-12(2-1-10(13)8-16)17-5-3-14-11(9-17)4-6-18-14/h1-2,4,6-7H,3,5,8-9,16H2. The Labute approximate surface area is 110 Å². The first-order chi connectivity index (χ1) is 8.78. The summed E-state index contributed by atoms with van der Waals surface area (Å²) in [4.78, 5) is 3.68. The summed E-state index contributed by atoms with van der Waals surface area (Å²) in [5.41, 5.74) is 8.37. The lowest BCUT2D eigenvalue weighted by Gasteiger charge is -2.29. The molecule has 2 nitrogen and oxygen atoms in total. The van der Waals surface area contributed by atoms with Crippen LogP contribution in [0.25, 0.3) is 0 Å². The van der Waals surface area contributed by atoms with E-state index in [1.165, 1.54) is 10.4 Å². The fourth-order valence-electron chi connectivity index (χ4n) is 2.37. The Bertz CT molecular complexity index is 565. The van der Waals surface area contributed by atoms with E-state index >= 15 is 0 Å². The van der Waals surface area contributed by atoms with Crippen molar-refractivity contribution in [2.45, 2.75) is 19.5 Å². The van der Waals surface area contributed by atoms with Gasteiger partial charge in [-0.05, 0) is 35.6 Å². The number of halogens is 1. The van der Waals surface area contributed by atoms with E-state index in [0.717, 1.165) is 25.2 Å². The van der Waals surface area contributed by atoms with Crippen molar-refractivity contribution >= 4 is 17.0 Å². The number of benzene rings is 1. The summed E-state index contributed by atoms with van der Waals surface area (Å²) in [5, 5.41) is 2.13. The zero-order valence-electron chi connectivity index (χ0n) is 10.0. The molecule has 3 rings (SSSR count). The largest absolute Gasteiger partial charge is 0.367 e. The van der Waals surface area contributed by atoms with E-state index < -0.39 is 0 Å². The van der Waals surface area contributed by atoms with Gasteiger partial charge < -0.3 is 10.6 Å². The van der Waals surface area contributed by atoms with Crippen molar-refractivity contribution in [3.63, 3.8) is 0 Å². The van der Waals surface area contributed by atoms with E-state index in [1.807, 2.05) is 17.4 Å². The van der Waals surface area contributed by atoms with E-state index in [-0.39, 0.29) is 12.4 Å². The minimum atomic E-state index is -0.203. The second-order valence-electron chi connectivity index (χ2n) is 4.52. The number of nitrogens with two attached hydrogens (primary N) is 1. The molecule has 0 saturated carbocycles. The molecule has 2 aromatic rings. The van der Waals surface area contributed by atoms with Crippen LogP contribution in [-0.4, -0.2) is 6.54 Å². The summed E-state index contributed by atoms with van der Waals surface area (Å²) in [5.74, 6) is -0.203. The predicted molar refractivity (Wildman–Crippen MR) is 73.4 cm³/mol. The average Bonchev–Trinajstić information content (AvgIpc) is 2.85. The first-order valence-corrected chi connectivity index (χ1v) is 6.94. The maximum Gasteiger partial charge on any atom is 0.129 e. The first-order valence-electron chi connectivity index (χ1n) is 6.06. The third-order valence-corrected chi connectivity index (χ3v) is 4.45. The number of anilines is 1. The van der Waals surface area contributed by atoms with Crippen LogP contribution < -0.4 is 10.6 Å². The average molecular weight is 262 g/mol. The van der Waals surface area contributed by atoms with Gasteiger partial charge in [-0.1, -0.05) is 6.07 Å². The fraction of sp³-hybridized carbons (Fsp3) is 0.286. The summed E-state index contributed by atoms with van der Waals surface area (Å²) < 4.78 is 13.7. The third kappa shape index (κ3) is 2.02. The van der Waals surface area contributed by atoms with Gasteiger partial charge in [0.25, 0.3) is 0 Å². The third-order valence-electron chi connectivity index (χ3n) is 3.43. The Balaban J connectivity index is 1.86. The van der Waals surface area contributed by atoms with E-state index in [9.17, 15) is 4.39 Å². The second-order valence-corrected chi connectivity index (χ2v) is 5.52. The molecule has 0 aliphatic carbocycles. The zero-order valence-corrected chi connectivity index (χ0v) is 10.8. The van der Waals surface area contributed by atoms with Crippen molar-refractivity contribution in [2.75, 3.05) is 11.4 Å². The molecule has 1 aliphatic heterocycles. The molecule has 0 unspecified atom stereocenters. The number of rotatable bonds is 2. The van der Waals surface area contributed by atoms with Gasteiger partial charge in [0.1, 0.15) is 5.82 Å². The molecule has 1 aliphatic rings. The van der Waals surface area contributed by atoms with Crippen molar-refractivity contribution < 1.29 is 4.39 Å². The van der Waals surface area contributed by atoms with Crippen LogP contribution in [0.5, 0.6) is 0 Å². The lowest BCUT2D eigenvalue weighted by atomic mass is 10.1. The molecule has 4 heteroatoms. The smallest absolute Gasteiger partial charge is 0.129 e. The minimum Gasteiger partial charge on any atom is -0.367 e. The minimum absolute atomic E-state index is 0.203. The highest BCUT2D eigenvalue weighted by Gasteiger charge is 2.18. The lowest BCUT2D eigenvalue weighted by Crippen LogP contribution is -2.29. The first kappa shape index (κ1) is 11.7. The molecule has 0 bridgehead atoms. The highest BCUT2D eigenvalue weighted by atomic mass is 32.1. The van der Waals surface area contributed by atoms with E-state index in [1.54, 1.807) is 12.1 Å². The van der Waals surface area contributed by atoms with Crippen LogP contribution in [0.2, 0.25) is 0 Å². The van der Waals surface area contributed by atoms with Gasteiger partial charge in [-0.2, -0.15) is 0 Å². The van der Waals surface area contributed by atoms with Gasteiger partial charge >= 0.3 is 0 Å². The van der Waals surface area contributed by atoms with Crippen molar-refractivity contribution in [2.24, 2.45) is 5.73 Å². The quantitative estimate of drug-likeness (QED) is 0.901. The monoisotopic (exact) mass is 262 g/mol. The highest BCUT2D eigenvalue weighted by molar-refractivity contribution is 7.10. The topological polar surface area (TPSA) is 29.3 Å². The van der Waals surface area contributed by atoms with Gasteiger partial charge in [0.05, 0.1) is 0 Å². The molecule has 2 N–H and O–H groups in total. The van der Waals surface area contributed by atoms with Crippen LogP contribution >= 0.6 is 11.3 Å². The SMILES string of the molecule is NCc1ccc(N2CCc3sccc3C2)cc1F. The molecule has 0 spiro atoms. The normalized spacial score (nSPS) is 14.7. The van der Waals surface area contributed by atoms with E-state index in [0.29, 0.717) is 5.56 Å². The van der Waals surface area contributed by atoms with Crippen LogP contribution in [0.4, 0.5) is 10.1 Å². The molecular formula is C14H15FN2S. The maximum absolute atomic E-state index is 13.7. The van der Waals surface area contributed by atoms with Crippen molar-refractivity contribution in [1.29, 1.82) is 0 Å². The zero-order chi connectivity index (χ0) is 12.5. The molecule has 0 amide bonds. The number of fused-ring (bicyclic) bond motifs is 1. The summed E-state index contributed by atoms with van der Waals surface area (Å²) >= 11 is 1.81. The molecule has 18 heavy (non-hydrogen) atoms. The summed E-state index contributed by atoms with van der Waals surface area (Å²) in [7, 11) is 0. The summed E-state index contributed by atoms with van der Waals surface area (Å²) in [6, 6.07) is 7.51. The Morgan fingerprint density at radius 3 is 3.00 bits per heavy atom. The van der Waals surface area contributed by atoms with Crippen molar-refractivity contribution in [1.82, 2.24) is 0 Å².